The molecular formula is C20H19BrN4O2. The number of amides is 2. The summed E-state index contributed by atoms with van der Waals surface area (Å²) in [6, 6.07) is 11.3. The fourth-order valence-electron chi connectivity index (χ4n) is 2.78. The monoisotopic (exact) mass is 426 g/mol. The average Bonchev–Trinajstić information content (AvgIpc) is 3.05. The van der Waals surface area contributed by atoms with E-state index in [9.17, 15) is 9.59 Å². The van der Waals surface area contributed by atoms with E-state index in [1.165, 1.54) is 6.33 Å². The van der Waals surface area contributed by atoms with Crippen LogP contribution in [0.25, 0.3) is 5.69 Å². The highest BCUT2D eigenvalue weighted by Crippen LogP contribution is 2.24. The van der Waals surface area contributed by atoms with E-state index >= 15 is 0 Å². The molecule has 0 unspecified atom stereocenters. The lowest BCUT2D eigenvalue weighted by Crippen LogP contribution is -2.23. The van der Waals surface area contributed by atoms with Crippen molar-refractivity contribution in [2.75, 3.05) is 5.32 Å². The Balaban J connectivity index is 2.08. The van der Waals surface area contributed by atoms with Crippen LogP contribution >= 0.6 is 15.9 Å². The van der Waals surface area contributed by atoms with E-state index in [1.807, 2.05) is 57.2 Å². The van der Waals surface area contributed by atoms with Gasteiger partial charge in [-0.3, -0.25) is 14.2 Å². The lowest BCUT2D eigenvalue weighted by atomic mass is 10.1. The average molecular weight is 427 g/mol. The number of aromatic nitrogens is 2. The van der Waals surface area contributed by atoms with Crippen LogP contribution < -0.4 is 11.1 Å². The second-order valence-electron chi connectivity index (χ2n) is 6.36. The highest BCUT2D eigenvalue weighted by Gasteiger charge is 2.24. The summed E-state index contributed by atoms with van der Waals surface area (Å²) in [5.41, 5.74) is 9.94. The number of hydrogen-bond acceptors (Lipinski definition) is 3. The highest BCUT2D eigenvalue weighted by molar-refractivity contribution is 9.10. The molecule has 3 aromatic rings. The smallest absolute Gasteiger partial charge is 0.275 e. The minimum absolute atomic E-state index is 0.0734. The first-order chi connectivity index (χ1) is 12.8. The van der Waals surface area contributed by atoms with Crippen molar-refractivity contribution in [2.24, 2.45) is 5.73 Å². The SMILES string of the molecule is Cc1ccc(NC(=O)c2c(C(N)=O)ncn2-c2cc(Br)ccc2C)cc1C. The van der Waals surface area contributed by atoms with Crippen molar-refractivity contribution < 1.29 is 9.59 Å². The van der Waals surface area contributed by atoms with E-state index in [1.54, 1.807) is 4.57 Å². The first kappa shape index (κ1) is 18.8. The number of imidazole rings is 1. The van der Waals surface area contributed by atoms with E-state index in [4.69, 9.17) is 5.73 Å². The first-order valence-electron chi connectivity index (χ1n) is 8.30. The van der Waals surface area contributed by atoms with Gasteiger partial charge in [0, 0.05) is 10.2 Å². The molecule has 0 radical (unpaired) electrons. The van der Waals surface area contributed by atoms with Gasteiger partial charge in [-0.15, -0.1) is 0 Å². The number of carbonyl (C=O) groups excluding carboxylic acids is 2. The molecule has 1 heterocycles. The van der Waals surface area contributed by atoms with E-state index in [-0.39, 0.29) is 11.4 Å². The minimum atomic E-state index is -0.758. The molecule has 0 saturated heterocycles. The Bertz CT molecular complexity index is 1060. The van der Waals surface area contributed by atoms with Crippen LogP contribution in [0.5, 0.6) is 0 Å². The third-order valence-corrected chi connectivity index (χ3v) is 4.90. The van der Waals surface area contributed by atoms with Crippen LogP contribution in [0.3, 0.4) is 0 Å². The molecule has 0 spiro atoms. The number of nitrogens with two attached hydrogens (primary N) is 1. The Labute approximate surface area is 165 Å². The molecule has 0 aliphatic carbocycles. The number of anilines is 1. The summed E-state index contributed by atoms with van der Waals surface area (Å²) >= 11 is 3.43. The van der Waals surface area contributed by atoms with Crippen LogP contribution in [0.2, 0.25) is 0 Å². The quantitative estimate of drug-likeness (QED) is 0.662. The number of aryl methyl sites for hydroxylation is 3. The Morgan fingerprint density at radius 1 is 1.04 bits per heavy atom. The van der Waals surface area contributed by atoms with E-state index in [2.05, 4.69) is 26.2 Å². The van der Waals surface area contributed by atoms with Crippen LogP contribution in [-0.2, 0) is 0 Å². The van der Waals surface area contributed by atoms with Crippen molar-refractivity contribution in [3.63, 3.8) is 0 Å². The topological polar surface area (TPSA) is 90.0 Å². The predicted molar refractivity (Wildman–Crippen MR) is 108 cm³/mol. The maximum Gasteiger partial charge on any atom is 0.275 e. The van der Waals surface area contributed by atoms with E-state index in [0.717, 1.165) is 26.9 Å². The molecule has 2 aromatic carbocycles. The molecule has 0 fully saturated rings. The van der Waals surface area contributed by atoms with Crippen molar-refractivity contribution in [1.29, 1.82) is 0 Å². The standard InChI is InChI=1S/C20H19BrN4O2/c1-11-5-7-15(8-13(11)3)24-20(27)18-17(19(22)26)23-10-25(18)16-9-14(21)6-4-12(16)2/h4-10H,1-3H3,(H2,22,26)(H,24,27). The predicted octanol–water partition coefficient (Wildman–Crippen LogP) is 3.91. The lowest BCUT2D eigenvalue weighted by Gasteiger charge is -2.13. The van der Waals surface area contributed by atoms with Crippen LogP contribution in [-0.4, -0.2) is 21.4 Å². The van der Waals surface area contributed by atoms with Crippen molar-refractivity contribution >= 4 is 33.4 Å². The molecule has 0 bridgehead atoms. The fourth-order valence-corrected chi connectivity index (χ4v) is 3.13. The van der Waals surface area contributed by atoms with Crippen molar-refractivity contribution in [2.45, 2.75) is 20.8 Å². The highest BCUT2D eigenvalue weighted by atomic mass is 79.9. The van der Waals surface area contributed by atoms with Gasteiger partial charge < -0.3 is 11.1 Å². The zero-order valence-electron chi connectivity index (χ0n) is 15.2. The van der Waals surface area contributed by atoms with Crippen molar-refractivity contribution in [1.82, 2.24) is 9.55 Å². The molecule has 1 aromatic heterocycles. The summed E-state index contributed by atoms with van der Waals surface area (Å²) in [6.45, 7) is 5.88. The molecule has 0 saturated carbocycles. The third-order valence-electron chi connectivity index (χ3n) is 4.41. The second-order valence-corrected chi connectivity index (χ2v) is 7.28. The van der Waals surface area contributed by atoms with E-state index in [0.29, 0.717) is 5.69 Å². The summed E-state index contributed by atoms with van der Waals surface area (Å²) in [5.74, 6) is -1.21. The van der Waals surface area contributed by atoms with Gasteiger partial charge in [0.05, 0.1) is 5.69 Å². The van der Waals surface area contributed by atoms with Gasteiger partial charge >= 0.3 is 0 Å². The molecule has 6 nitrogen and oxygen atoms in total. The maximum atomic E-state index is 13.0. The zero-order valence-corrected chi connectivity index (χ0v) is 16.8. The molecule has 3 N–H and O–H groups in total. The molecule has 2 amide bonds. The molecule has 3 rings (SSSR count). The third kappa shape index (κ3) is 3.78. The number of benzene rings is 2. The largest absolute Gasteiger partial charge is 0.364 e. The number of halogens is 1. The minimum Gasteiger partial charge on any atom is -0.364 e. The lowest BCUT2D eigenvalue weighted by molar-refractivity contribution is 0.0971. The number of primary amides is 1. The van der Waals surface area contributed by atoms with Gasteiger partial charge in [-0.05, 0) is 61.7 Å². The van der Waals surface area contributed by atoms with E-state index < -0.39 is 11.8 Å². The van der Waals surface area contributed by atoms with Gasteiger partial charge in [-0.1, -0.05) is 28.1 Å². The number of hydrogen-bond donors (Lipinski definition) is 2. The summed E-state index contributed by atoms with van der Waals surface area (Å²) in [4.78, 5) is 28.9. The van der Waals surface area contributed by atoms with Crippen LogP contribution in [0, 0.1) is 20.8 Å². The van der Waals surface area contributed by atoms with Gasteiger partial charge in [0.2, 0.25) is 0 Å². The van der Waals surface area contributed by atoms with Crippen molar-refractivity contribution in [3.8, 4) is 5.69 Å². The van der Waals surface area contributed by atoms with Gasteiger partial charge in [0.25, 0.3) is 11.8 Å². The number of nitrogens with one attached hydrogen (secondary N) is 1. The Morgan fingerprint density at radius 2 is 1.74 bits per heavy atom. The van der Waals surface area contributed by atoms with Gasteiger partial charge in [0.15, 0.2) is 5.69 Å². The molecule has 27 heavy (non-hydrogen) atoms. The number of carbonyl (C=O) groups is 2. The zero-order chi connectivity index (χ0) is 19.7. The van der Waals surface area contributed by atoms with Gasteiger partial charge in [-0.2, -0.15) is 0 Å². The summed E-state index contributed by atoms with van der Waals surface area (Å²) in [5, 5.41) is 2.83. The molecule has 7 heteroatoms. The molecule has 0 aliphatic rings. The summed E-state index contributed by atoms with van der Waals surface area (Å²) in [7, 11) is 0. The number of nitrogens with zero attached hydrogens (tertiary/aromatic N) is 2. The van der Waals surface area contributed by atoms with Crippen LogP contribution in [0.4, 0.5) is 5.69 Å². The Hall–Kier alpha value is -2.93. The maximum absolute atomic E-state index is 13.0. The molecule has 0 atom stereocenters. The fraction of sp³-hybridized carbons (Fsp3) is 0.150. The summed E-state index contributed by atoms with van der Waals surface area (Å²) in [6.07, 6.45) is 1.43. The van der Waals surface area contributed by atoms with Crippen LogP contribution in [0.1, 0.15) is 37.7 Å². The summed E-state index contributed by atoms with van der Waals surface area (Å²) < 4.78 is 2.43. The first-order valence-corrected chi connectivity index (χ1v) is 9.09. The van der Waals surface area contributed by atoms with Gasteiger partial charge in [0.1, 0.15) is 12.0 Å². The normalized spacial score (nSPS) is 10.7. The van der Waals surface area contributed by atoms with Crippen LogP contribution in [0.15, 0.2) is 47.2 Å². The molecule has 138 valence electrons. The molecular weight excluding hydrogens is 408 g/mol. The second kappa shape index (κ2) is 7.36. The van der Waals surface area contributed by atoms with Gasteiger partial charge in [-0.25, -0.2) is 4.98 Å². The molecule has 0 aliphatic heterocycles. The van der Waals surface area contributed by atoms with Crippen molar-refractivity contribution in [3.05, 3.63) is 75.3 Å². The number of rotatable bonds is 4. The Morgan fingerprint density at radius 3 is 2.41 bits per heavy atom. The Kier molecular flexibility index (Phi) is 5.14.